The van der Waals surface area contributed by atoms with Crippen LogP contribution in [0.2, 0.25) is 5.02 Å². The number of ether oxygens (including phenoxy) is 2. The Labute approximate surface area is 186 Å². The number of hydrogen-bond donors (Lipinski definition) is 1. The predicted molar refractivity (Wildman–Crippen MR) is 118 cm³/mol. The van der Waals surface area contributed by atoms with Crippen LogP contribution in [0.25, 0.3) is 15.7 Å². The standard InChI is InChI=1S/C22H14ClN3O4S/c23-14-6-18-17(29-10-30-18)5-13(14)19-7-15-20(31-19)21(27)26(22(28)25-15)16-9-24-8-11-3-1-2-4-12(11)16/h1-9,15,20H,10H2,(H,25,28). The Balaban J connectivity index is 1.35. The smallest absolute Gasteiger partial charge is 0.329 e. The molecule has 7 nitrogen and oxygen atoms in total. The molecule has 154 valence electrons. The van der Waals surface area contributed by atoms with Crippen molar-refractivity contribution in [1.29, 1.82) is 0 Å². The lowest BCUT2D eigenvalue weighted by atomic mass is 10.1. The van der Waals surface area contributed by atoms with Crippen LogP contribution < -0.4 is 19.7 Å². The number of pyridine rings is 1. The first kappa shape index (κ1) is 18.5. The quantitative estimate of drug-likeness (QED) is 0.629. The number of halogens is 1. The van der Waals surface area contributed by atoms with E-state index < -0.39 is 17.3 Å². The third-order valence-electron chi connectivity index (χ3n) is 5.48. The summed E-state index contributed by atoms with van der Waals surface area (Å²) in [6.07, 6.45) is 5.12. The van der Waals surface area contributed by atoms with Crippen LogP contribution in [0.3, 0.4) is 0 Å². The van der Waals surface area contributed by atoms with E-state index in [9.17, 15) is 9.59 Å². The molecule has 4 heterocycles. The van der Waals surface area contributed by atoms with Gasteiger partial charge in [-0.05, 0) is 12.1 Å². The summed E-state index contributed by atoms with van der Waals surface area (Å²) in [7, 11) is 0. The zero-order valence-corrected chi connectivity index (χ0v) is 17.4. The molecule has 3 aromatic rings. The van der Waals surface area contributed by atoms with E-state index in [1.807, 2.05) is 30.3 Å². The number of nitrogens with one attached hydrogen (secondary N) is 1. The lowest BCUT2D eigenvalue weighted by Gasteiger charge is -2.33. The van der Waals surface area contributed by atoms with Gasteiger partial charge in [-0.25, -0.2) is 9.69 Å². The van der Waals surface area contributed by atoms with Gasteiger partial charge in [-0.1, -0.05) is 35.9 Å². The number of hydrogen-bond acceptors (Lipinski definition) is 6. The Bertz CT molecular complexity index is 1310. The van der Waals surface area contributed by atoms with Crippen molar-refractivity contribution in [2.45, 2.75) is 11.3 Å². The summed E-state index contributed by atoms with van der Waals surface area (Å²) in [5.74, 6) is 0.906. The van der Waals surface area contributed by atoms with E-state index in [0.29, 0.717) is 22.2 Å². The van der Waals surface area contributed by atoms with Gasteiger partial charge in [0.1, 0.15) is 5.25 Å². The minimum Gasteiger partial charge on any atom is -0.454 e. The van der Waals surface area contributed by atoms with Crippen molar-refractivity contribution >= 4 is 56.7 Å². The fourth-order valence-corrected chi connectivity index (χ4v) is 5.63. The number of thioether (sulfide) groups is 1. The lowest BCUT2D eigenvalue weighted by Crippen LogP contribution is -2.60. The highest BCUT2D eigenvalue weighted by atomic mass is 35.5. The maximum atomic E-state index is 13.4. The zero-order chi connectivity index (χ0) is 21.1. The highest BCUT2D eigenvalue weighted by Gasteiger charge is 2.46. The van der Waals surface area contributed by atoms with Gasteiger partial charge < -0.3 is 14.8 Å². The molecular formula is C22H14ClN3O4S. The van der Waals surface area contributed by atoms with Crippen LogP contribution >= 0.6 is 23.4 Å². The maximum Gasteiger partial charge on any atom is 0.329 e. The van der Waals surface area contributed by atoms with Gasteiger partial charge >= 0.3 is 6.03 Å². The number of rotatable bonds is 2. The summed E-state index contributed by atoms with van der Waals surface area (Å²) in [4.78, 5) is 32.5. The number of nitrogens with zero attached hydrogens (tertiary/aromatic N) is 2. The second-order valence-corrected chi connectivity index (χ2v) is 8.87. The number of urea groups is 1. The molecule has 0 saturated carbocycles. The number of carbonyl (C=O) groups excluding carboxylic acids is 2. The SMILES string of the molecule is O=C1NC2C=C(c3cc4c(cc3Cl)OCO4)SC2C(=O)N1c1cncc2ccccc12. The van der Waals surface area contributed by atoms with Crippen molar-refractivity contribution in [3.05, 3.63) is 65.5 Å². The minimum absolute atomic E-state index is 0.148. The first-order chi connectivity index (χ1) is 15.1. The van der Waals surface area contributed by atoms with Gasteiger partial charge in [0.25, 0.3) is 5.91 Å². The molecular weight excluding hydrogens is 438 g/mol. The molecule has 1 saturated heterocycles. The number of fused-ring (bicyclic) bond motifs is 3. The summed E-state index contributed by atoms with van der Waals surface area (Å²) in [6, 6.07) is 10.1. The Morgan fingerprint density at radius 3 is 2.81 bits per heavy atom. The summed E-state index contributed by atoms with van der Waals surface area (Å²) >= 11 is 7.83. The highest BCUT2D eigenvalue weighted by Crippen LogP contribution is 2.47. The van der Waals surface area contributed by atoms with Crippen LogP contribution in [0, 0.1) is 0 Å². The molecule has 1 N–H and O–H groups in total. The normalized spacial score (nSPS) is 21.8. The second-order valence-electron chi connectivity index (χ2n) is 7.28. The van der Waals surface area contributed by atoms with Gasteiger partial charge in [0.05, 0.1) is 22.9 Å². The second kappa shape index (κ2) is 6.90. The molecule has 0 aliphatic carbocycles. The molecule has 0 radical (unpaired) electrons. The molecule has 2 atom stereocenters. The van der Waals surface area contributed by atoms with Crippen molar-refractivity contribution in [2.24, 2.45) is 0 Å². The van der Waals surface area contributed by atoms with E-state index in [1.54, 1.807) is 24.5 Å². The van der Waals surface area contributed by atoms with Gasteiger partial charge in [-0.15, -0.1) is 11.8 Å². The monoisotopic (exact) mass is 451 g/mol. The van der Waals surface area contributed by atoms with Crippen LogP contribution in [0.4, 0.5) is 10.5 Å². The Kier molecular flexibility index (Phi) is 4.12. The number of imide groups is 1. The predicted octanol–water partition coefficient (Wildman–Crippen LogP) is 4.20. The topological polar surface area (TPSA) is 80.8 Å². The molecule has 3 amide bonds. The third-order valence-corrected chi connectivity index (χ3v) is 7.16. The van der Waals surface area contributed by atoms with Crippen LogP contribution in [0.1, 0.15) is 5.56 Å². The van der Waals surface area contributed by atoms with Gasteiger partial charge in [-0.3, -0.25) is 9.78 Å². The highest BCUT2D eigenvalue weighted by molar-refractivity contribution is 8.09. The maximum absolute atomic E-state index is 13.4. The molecule has 2 unspecified atom stereocenters. The van der Waals surface area contributed by atoms with Crippen LogP contribution in [-0.4, -0.2) is 35.0 Å². The summed E-state index contributed by atoms with van der Waals surface area (Å²) in [5, 5.41) is 4.57. The Hall–Kier alpha value is -3.23. The molecule has 1 aromatic heterocycles. The number of benzene rings is 2. The fraction of sp³-hybridized carbons (Fsp3) is 0.136. The fourth-order valence-electron chi connectivity index (χ4n) is 4.02. The van der Waals surface area contributed by atoms with E-state index in [-0.39, 0.29) is 12.7 Å². The van der Waals surface area contributed by atoms with Gasteiger partial charge in [0, 0.05) is 33.5 Å². The van der Waals surface area contributed by atoms with Crippen LogP contribution in [0.5, 0.6) is 11.5 Å². The van der Waals surface area contributed by atoms with Gasteiger partial charge in [-0.2, -0.15) is 0 Å². The van der Waals surface area contributed by atoms with Crippen molar-refractivity contribution in [2.75, 3.05) is 11.7 Å². The van der Waals surface area contributed by atoms with E-state index in [4.69, 9.17) is 21.1 Å². The van der Waals surface area contributed by atoms with Crippen LogP contribution in [0.15, 0.2) is 54.9 Å². The van der Waals surface area contributed by atoms with Crippen molar-refractivity contribution in [3.63, 3.8) is 0 Å². The Morgan fingerprint density at radius 2 is 1.94 bits per heavy atom. The first-order valence-electron chi connectivity index (χ1n) is 9.55. The largest absolute Gasteiger partial charge is 0.454 e. The van der Waals surface area contributed by atoms with Gasteiger partial charge in [0.2, 0.25) is 6.79 Å². The summed E-state index contributed by atoms with van der Waals surface area (Å²) in [6.45, 7) is 0.148. The third kappa shape index (κ3) is 2.86. The molecule has 1 fully saturated rings. The van der Waals surface area contributed by atoms with Crippen molar-refractivity contribution in [3.8, 4) is 11.5 Å². The average Bonchev–Trinajstić information content (AvgIpc) is 3.39. The van der Waals surface area contributed by atoms with E-state index >= 15 is 0 Å². The van der Waals surface area contributed by atoms with Crippen molar-refractivity contribution < 1.29 is 19.1 Å². The molecule has 2 aromatic carbocycles. The summed E-state index contributed by atoms with van der Waals surface area (Å²) in [5.41, 5.74) is 1.21. The molecule has 3 aliphatic rings. The minimum atomic E-state index is -0.506. The summed E-state index contributed by atoms with van der Waals surface area (Å²) < 4.78 is 10.8. The number of carbonyl (C=O) groups is 2. The number of amides is 3. The van der Waals surface area contributed by atoms with Gasteiger partial charge in [0.15, 0.2) is 11.5 Å². The molecule has 3 aliphatic heterocycles. The van der Waals surface area contributed by atoms with Crippen molar-refractivity contribution in [1.82, 2.24) is 10.3 Å². The number of aromatic nitrogens is 1. The lowest BCUT2D eigenvalue weighted by molar-refractivity contribution is -0.118. The molecule has 31 heavy (non-hydrogen) atoms. The van der Waals surface area contributed by atoms with Crippen LogP contribution in [-0.2, 0) is 4.79 Å². The zero-order valence-electron chi connectivity index (χ0n) is 15.9. The van der Waals surface area contributed by atoms with E-state index in [1.165, 1.54) is 16.7 Å². The average molecular weight is 452 g/mol. The first-order valence-corrected chi connectivity index (χ1v) is 10.8. The molecule has 9 heteroatoms. The number of anilines is 1. The Morgan fingerprint density at radius 1 is 1.13 bits per heavy atom. The molecule has 0 bridgehead atoms. The van der Waals surface area contributed by atoms with E-state index in [0.717, 1.165) is 21.2 Å². The van der Waals surface area contributed by atoms with E-state index in [2.05, 4.69) is 10.3 Å². The molecule has 0 spiro atoms. The molecule has 6 rings (SSSR count).